The second-order valence-electron chi connectivity index (χ2n) is 0.105. The summed E-state index contributed by atoms with van der Waals surface area (Å²) < 4.78 is 0. The number of hydrogen-bond acceptors (Lipinski definition) is 3. The molecule has 0 atom stereocenters. The SMILES string of the molecule is C=C.C=C.C=C.N.N.O=CO. The highest BCUT2D eigenvalue weighted by Gasteiger charge is 1.22. The van der Waals surface area contributed by atoms with E-state index >= 15 is 0 Å². The predicted octanol–water partition coefficient (Wildman–Crippen LogP) is 2.43. The zero-order chi connectivity index (χ0) is 8.71. The van der Waals surface area contributed by atoms with E-state index in [9.17, 15) is 0 Å². The van der Waals surface area contributed by atoms with Crippen molar-refractivity contribution in [2.75, 3.05) is 0 Å². The Bertz CT molecular complexity index is 38.7. The second kappa shape index (κ2) is 3280. The summed E-state index contributed by atoms with van der Waals surface area (Å²) in [7, 11) is 0. The second-order valence-corrected chi connectivity index (χ2v) is 0.105. The van der Waals surface area contributed by atoms with Gasteiger partial charge in [-0.25, -0.2) is 0 Å². The smallest absolute Gasteiger partial charge is 0.290 e. The summed E-state index contributed by atoms with van der Waals surface area (Å²) in [5.74, 6) is 0. The molecular weight excluding hydrogens is 144 g/mol. The fourth-order valence-corrected chi connectivity index (χ4v) is 0. The van der Waals surface area contributed by atoms with E-state index < -0.39 is 0 Å². The van der Waals surface area contributed by atoms with Crippen molar-refractivity contribution >= 4 is 6.47 Å². The summed E-state index contributed by atoms with van der Waals surface area (Å²) in [5.41, 5.74) is 0. The van der Waals surface area contributed by atoms with Gasteiger partial charge in [-0.3, -0.25) is 4.79 Å². The fourth-order valence-electron chi connectivity index (χ4n) is 0. The van der Waals surface area contributed by atoms with Crippen molar-refractivity contribution in [3.8, 4) is 0 Å². The van der Waals surface area contributed by atoms with Gasteiger partial charge in [-0.2, -0.15) is 0 Å². The normalized spacial score (nSPS) is 2.18. The molecule has 4 nitrogen and oxygen atoms in total. The summed E-state index contributed by atoms with van der Waals surface area (Å²) >= 11 is 0. The van der Waals surface area contributed by atoms with Crippen LogP contribution in [0.1, 0.15) is 0 Å². The van der Waals surface area contributed by atoms with Gasteiger partial charge in [0.25, 0.3) is 6.47 Å². The van der Waals surface area contributed by atoms with Crippen LogP contribution in [0.2, 0.25) is 0 Å². The third-order valence-corrected chi connectivity index (χ3v) is 0. The molecule has 0 aromatic rings. The molecule has 0 aromatic heterocycles. The summed E-state index contributed by atoms with van der Waals surface area (Å²) in [6.07, 6.45) is 0. The highest BCUT2D eigenvalue weighted by molar-refractivity contribution is 5.32. The molecule has 0 unspecified atom stereocenters. The first-order chi connectivity index (χ1) is 4.41. The predicted molar refractivity (Wildman–Crippen MR) is 52.5 cm³/mol. The first-order valence-electron chi connectivity index (χ1n) is 1.99. The molecule has 0 rings (SSSR count). The number of carbonyl (C=O) groups is 1. The minimum Gasteiger partial charge on any atom is -0.483 e. The highest BCUT2D eigenvalue weighted by atomic mass is 16.3. The minimum absolute atomic E-state index is 0. The van der Waals surface area contributed by atoms with Gasteiger partial charge in [-0.15, -0.1) is 39.5 Å². The maximum atomic E-state index is 8.36. The minimum atomic E-state index is -0.250. The first-order valence-corrected chi connectivity index (χ1v) is 1.99. The third-order valence-electron chi connectivity index (χ3n) is 0. The molecule has 0 heterocycles. The monoisotopic (exact) mass is 164 g/mol. The molecule has 0 radical (unpaired) electrons. The Hall–Kier alpha value is -1.39. The van der Waals surface area contributed by atoms with Crippen LogP contribution in [0.3, 0.4) is 0 Å². The average Bonchev–Trinajstić information content (AvgIpc) is 2.01. The van der Waals surface area contributed by atoms with Gasteiger partial charge in [0.05, 0.1) is 0 Å². The van der Waals surface area contributed by atoms with Gasteiger partial charge in [-0.1, -0.05) is 0 Å². The van der Waals surface area contributed by atoms with Crippen LogP contribution in [0.5, 0.6) is 0 Å². The van der Waals surface area contributed by atoms with E-state index in [1.165, 1.54) is 0 Å². The summed E-state index contributed by atoms with van der Waals surface area (Å²) in [4.78, 5) is 8.36. The standard InChI is InChI=1S/3C2H4.CH2O2.2H3N/c3*1-2;2-1-3;;/h3*1-2H2;1H,(H,2,3);2*1H3. The lowest BCUT2D eigenvalue weighted by molar-refractivity contribution is -0.122. The molecule has 70 valence electrons. The quantitative estimate of drug-likeness (QED) is 0.377. The van der Waals surface area contributed by atoms with E-state index in [2.05, 4.69) is 39.5 Å². The molecule has 0 spiro atoms. The zero-order valence-electron chi connectivity index (χ0n) is 7.09. The Labute approximate surface area is 69.1 Å². The number of rotatable bonds is 0. The maximum Gasteiger partial charge on any atom is 0.290 e. The maximum absolute atomic E-state index is 8.36. The van der Waals surface area contributed by atoms with Crippen molar-refractivity contribution in [1.82, 2.24) is 12.3 Å². The summed E-state index contributed by atoms with van der Waals surface area (Å²) in [5, 5.41) is 6.89. The van der Waals surface area contributed by atoms with Crippen LogP contribution in [-0.2, 0) is 4.79 Å². The van der Waals surface area contributed by atoms with Crippen LogP contribution in [0.4, 0.5) is 0 Å². The Kier molecular flexibility index (Phi) is 16300. The third kappa shape index (κ3) is 195. The molecule has 0 aliphatic rings. The van der Waals surface area contributed by atoms with E-state index in [4.69, 9.17) is 9.90 Å². The molecule has 11 heavy (non-hydrogen) atoms. The van der Waals surface area contributed by atoms with Crippen molar-refractivity contribution in [3.05, 3.63) is 39.5 Å². The molecule has 0 amide bonds. The highest BCUT2D eigenvalue weighted by Crippen LogP contribution is 0.966. The average molecular weight is 164 g/mol. The molecule has 0 aliphatic heterocycles. The Morgan fingerprint density at radius 3 is 0.818 bits per heavy atom. The largest absolute Gasteiger partial charge is 0.483 e. The van der Waals surface area contributed by atoms with Gasteiger partial charge in [0, 0.05) is 0 Å². The molecule has 0 aromatic carbocycles. The van der Waals surface area contributed by atoms with Crippen molar-refractivity contribution in [2.45, 2.75) is 0 Å². The van der Waals surface area contributed by atoms with Crippen LogP contribution >= 0.6 is 0 Å². The van der Waals surface area contributed by atoms with E-state index in [1.807, 2.05) is 0 Å². The first kappa shape index (κ1) is 54.7. The zero-order valence-corrected chi connectivity index (χ0v) is 7.09. The van der Waals surface area contributed by atoms with E-state index in [0.717, 1.165) is 0 Å². The molecule has 0 aliphatic carbocycles. The van der Waals surface area contributed by atoms with Gasteiger partial charge in [0.2, 0.25) is 0 Å². The van der Waals surface area contributed by atoms with Crippen LogP contribution < -0.4 is 12.3 Å². The van der Waals surface area contributed by atoms with Gasteiger partial charge < -0.3 is 17.4 Å². The van der Waals surface area contributed by atoms with E-state index in [-0.39, 0.29) is 18.8 Å². The molecular formula is C7H20N2O2. The molecule has 4 heteroatoms. The van der Waals surface area contributed by atoms with Gasteiger partial charge in [0.1, 0.15) is 0 Å². The van der Waals surface area contributed by atoms with Crippen molar-refractivity contribution in [2.24, 2.45) is 0 Å². The van der Waals surface area contributed by atoms with Crippen LogP contribution in [0.15, 0.2) is 39.5 Å². The Balaban J connectivity index is -0.00000000729. The van der Waals surface area contributed by atoms with Crippen LogP contribution in [0.25, 0.3) is 0 Å². The Morgan fingerprint density at radius 1 is 0.818 bits per heavy atom. The summed E-state index contributed by atoms with van der Waals surface area (Å²) in [6.45, 7) is 17.8. The summed E-state index contributed by atoms with van der Waals surface area (Å²) in [6, 6.07) is 0. The lowest BCUT2D eigenvalue weighted by Gasteiger charge is -1.34. The van der Waals surface area contributed by atoms with Crippen molar-refractivity contribution in [1.29, 1.82) is 0 Å². The molecule has 0 saturated heterocycles. The fraction of sp³-hybridized carbons (Fsp3) is 0. The van der Waals surface area contributed by atoms with Gasteiger partial charge in [0.15, 0.2) is 0 Å². The number of carboxylic acid groups (broad SMARTS) is 1. The molecule has 0 saturated carbocycles. The topological polar surface area (TPSA) is 107 Å². The van der Waals surface area contributed by atoms with Gasteiger partial charge >= 0.3 is 0 Å². The van der Waals surface area contributed by atoms with Crippen molar-refractivity contribution < 1.29 is 9.90 Å². The van der Waals surface area contributed by atoms with Crippen LogP contribution in [-0.4, -0.2) is 11.6 Å². The van der Waals surface area contributed by atoms with E-state index in [1.54, 1.807) is 0 Å². The van der Waals surface area contributed by atoms with Crippen molar-refractivity contribution in [3.63, 3.8) is 0 Å². The number of hydrogen-bond donors (Lipinski definition) is 3. The van der Waals surface area contributed by atoms with Gasteiger partial charge in [-0.05, 0) is 0 Å². The lowest BCUT2D eigenvalue weighted by Crippen LogP contribution is -1.49. The van der Waals surface area contributed by atoms with E-state index in [0.29, 0.717) is 0 Å². The molecule has 7 N–H and O–H groups in total. The Morgan fingerprint density at radius 2 is 0.818 bits per heavy atom. The molecule has 0 bridgehead atoms. The molecule has 0 fully saturated rings. The lowest BCUT2D eigenvalue weighted by atomic mass is 11.3. The van der Waals surface area contributed by atoms with Crippen LogP contribution in [0, 0.1) is 0 Å².